The van der Waals surface area contributed by atoms with Crippen molar-refractivity contribution in [2.75, 3.05) is 10.6 Å². The Morgan fingerprint density at radius 1 is 0.550 bits per heavy atom. The zero-order valence-corrected chi connectivity index (χ0v) is 22.5. The molecular formula is C30H28N6O4. The first-order valence-electron chi connectivity index (χ1n) is 12.6. The molecule has 202 valence electrons. The molecule has 0 saturated carbocycles. The summed E-state index contributed by atoms with van der Waals surface area (Å²) >= 11 is 0. The molecule has 0 saturated heterocycles. The topological polar surface area (TPSA) is 112 Å². The average molecular weight is 537 g/mol. The van der Waals surface area contributed by atoms with Crippen LogP contribution in [-0.2, 0) is 14.1 Å². The fourth-order valence-electron chi connectivity index (χ4n) is 4.67. The lowest BCUT2D eigenvalue weighted by molar-refractivity contribution is 0.0990. The molecule has 0 aliphatic carbocycles. The van der Waals surface area contributed by atoms with Crippen LogP contribution in [0.3, 0.4) is 0 Å². The van der Waals surface area contributed by atoms with Crippen LogP contribution >= 0.6 is 0 Å². The predicted octanol–water partition coefficient (Wildman–Crippen LogP) is 3.79. The molecule has 0 atom stereocenters. The number of rotatable bonds is 6. The van der Waals surface area contributed by atoms with Crippen molar-refractivity contribution in [1.29, 1.82) is 0 Å². The van der Waals surface area contributed by atoms with Gasteiger partial charge in [-0.15, -0.1) is 0 Å². The van der Waals surface area contributed by atoms with E-state index >= 15 is 0 Å². The van der Waals surface area contributed by atoms with Gasteiger partial charge in [0.05, 0.1) is 33.9 Å². The summed E-state index contributed by atoms with van der Waals surface area (Å²) in [6, 6.07) is 24.4. The molecule has 40 heavy (non-hydrogen) atoms. The van der Waals surface area contributed by atoms with Crippen LogP contribution in [0, 0.1) is 13.8 Å². The standard InChI is InChI=1S/C30H28N6O4/c1-19-25(29(39)35(33(19)3)21-13-7-5-8-14-21)31-27(37)23-17-11-12-18-24(23)28(38)32-26-20(2)34(4)36(30(26)40)22-15-9-6-10-16-22/h5-18H,1-4H3,(H,31,37)(H,32,38). The molecule has 5 rings (SSSR count). The number of carbonyl (C=O) groups is 2. The number of amides is 2. The number of nitrogens with one attached hydrogen (secondary N) is 2. The fourth-order valence-corrected chi connectivity index (χ4v) is 4.67. The fraction of sp³-hybridized carbons (Fsp3) is 0.133. The van der Waals surface area contributed by atoms with Crippen molar-refractivity contribution in [3.63, 3.8) is 0 Å². The third kappa shape index (κ3) is 4.45. The second-order valence-corrected chi connectivity index (χ2v) is 9.33. The van der Waals surface area contributed by atoms with E-state index in [9.17, 15) is 19.2 Å². The Bertz CT molecular complexity index is 1720. The van der Waals surface area contributed by atoms with Crippen molar-refractivity contribution in [2.24, 2.45) is 14.1 Å². The van der Waals surface area contributed by atoms with Gasteiger partial charge in [0.15, 0.2) is 0 Å². The highest BCUT2D eigenvalue weighted by Crippen LogP contribution is 2.19. The van der Waals surface area contributed by atoms with E-state index in [1.807, 2.05) is 36.4 Å². The van der Waals surface area contributed by atoms with Gasteiger partial charge >= 0.3 is 0 Å². The molecular weight excluding hydrogens is 508 g/mol. The molecule has 0 radical (unpaired) electrons. The Hall–Kier alpha value is -5.38. The Labute approximate surface area is 229 Å². The van der Waals surface area contributed by atoms with Gasteiger partial charge in [-0.05, 0) is 50.2 Å². The van der Waals surface area contributed by atoms with Crippen LogP contribution in [0.15, 0.2) is 94.5 Å². The lowest BCUT2D eigenvalue weighted by Crippen LogP contribution is -2.26. The smallest absolute Gasteiger partial charge is 0.295 e. The minimum absolute atomic E-state index is 0.0610. The van der Waals surface area contributed by atoms with E-state index < -0.39 is 22.9 Å². The van der Waals surface area contributed by atoms with Crippen molar-refractivity contribution < 1.29 is 9.59 Å². The molecule has 10 heteroatoms. The summed E-state index contributed by atoms with van der Waals surface area (Å²) in [5, 5.41) is 5.40. The molecule has 2 amide bonds. The molecule has 3 aromatic carbocycles. The Morgan fingerprint density at radius 2 is 0.875 bits per heavy atom. The number of hydrogen-bond acceptors (Lipinski definition) is 4. The van der Waals surface area contributed by atoms with Crippen LogP contribution < -0.4 is 21.8 Å². The Kier molecular flexibility index (Phi) is 6.83. The molecule has 5 aromatic rings. The molecule has 2 aromatic heterocycles. The number of aromatic nitrogens is 4. The number of anilines is 2. The van der Waals surface area contributed by atoms with Crippen LogP contribution in [0.4, 0.5) is 11.4 Å². The lowest BCUT2D eigenvalue weighted by Gasteiger charge is -2.10. The molecule has 0 spiro atoms. The van der Waals surface area contributed by atoms with E-state index in [1.165, 1.54) is 21.5 Å². The van der Waals surface area contributed by atoms with Gasteiger partial charge in [-0.1, -0.05) is 48.5 Å². The van der Waals surface area contributed by atoms with Gasteiger partial charge < -0.3 is 10.6 Å². The minimum Gasteiger partial charge on any atom is -0.316 e. The van der Waals surface area contributed by atoms with E-state index in [4.69, 9.17) is 0 Å². The van der Waals surface area contributed by atoms with Crippen molar-refractivity contribution >= 4 is 23.2 Å². The maximum Gasteiger partial charge on any atom is 0.295 e. The highest BCUT2D eigenvalue weighted by atomic mass is 16.2. The first-order valence-corrected chi connectivity index (χ1v) is 12.6. The predicted molar refractivity (Wildman–Crippen MR) is 154 cm³/mol. The van der Waals surface area contributed by atoms with Gasteiger partial charge in [0.2, 0.25) is 0 Å². The van der Waals surface area contributed by atoms with Gasteiger partial charge in [-0.3, -0.25) is 28.5 Å². The largest absolute Gasteiger partial charge is 0.316 e. The van der Waals surface area contributed by atoms with Crippen molar-refractivity contribution in [2.45, 2.75) is 13.8 Å². The average Bonchev–Trinajstić information content (AvgIpc) is 3.31. The molecule has 0 bridgehead atoms. The first kappa shape index (κ1) is 26.2. The zero-order chi connectivity index (χ0) is 28.6. The number of carbonyl (C=O) groups excluding carboxylic acids is 2. The highest BCUT2D eigenvalue weighted by Gasteiger charge is 2.24. The number of hydrogen-bond donors (Lipinski definition) is 2. The first-order chi connectivity index (χ1) is 19.2. The maximum atomic E-state index is 13.4. The summed E-state index contributed by atoms with van der Waals surface area (Å²) in [5.74, 6) is -1.24. The second-order valence-electron chi connectivity index (χ2n) is 9.33. The molecule has 10 nitrogen and oxygen atoms in total. The highest BCUT2D eigenvalue weighted by molar-refractivity contribution is 6.15. The van der Waals surface area contributed by atoms with E-state index in [-0.39, 0.29) is 22.5 Å². The molecule has 0 aliphatic heterocycles. The lowest BCUT2D eigenvalue weighted by atomic mass is 10.1. The normalized spacial score (nSPS) is 10.9. The molecule has 0 fully saturated rings. The molecule has 0 aliphatic rings. The quantitative estimate of drug-likeness (QED) is 0.344. The van der Waals surface area contributed by atoms with Gasteiger partial charge in [0.25, 0.3) is 22.9 Å². The summed E-state index contributed by atoms with van der Waals surface area (Å²) in [7, 11) is 3.45. The summed E-state index contributed by atoms with van der Waals surface area (Å²) in [6.45, 7) is 3.45. The van der Waals surface area contributed by atoms with E-state index in [0.717, 1.165) is 0 Å². The van der Waals surface area contributed by atoms with Crippen LogP contribution in [0.5, 0.6) is 0 Å². The van der Waals surface area contributed by atoms with Crippen LogP contribution in [0.25, 0.3) is 11.4 Å². The minimum atomic E-state index is -0.622. The van der Waals surface area contributed by atoms with Crippen molar-refractivity contribution in [1.82, 2.24) is 18.7 Å². The summed E-state index contributed by atoms with van der Waals surface area (Å²) in [5.41, 5.74) is 1.93. The summed E-state index contributed by atoms with van der Waals surface area (Å²) in [6.07, 6.45) is 0. The van der Waals surface area contributed by atoms with Crippen molar-refractivity contribution in [3.8, 4) is 11.4 Å². The molecule has 2 heterocycles. The Morgan fingerprint density at radius 3 is 1.23 bits per heavy atom. The van der Waals surface area contributed by atoms with Gasteiger partial charge in [0.1, 0.15) is 11.4 Å². The molecule has 0 unspecified atom stereocenters. The van der Waals surface area contributed by atoms with E-state index in [1.54, 1.807) is 73.7 Å². The van der Waals surface area contributed by atoms with Gasteiger partial charge in [0, 0.05) is 14.1 Å². The number of para-hydroxylation sites is 2. The van der Waals surface area contributed by atoms with Crippen molar-refractivity contribution in [3.05, 3.63) is 128 Å². The van der Waals surface area contributed by atoms with Gasteiger partial charge in [-0.25, -0.2) is 9.36 Å². The zero-order valence-electron chi connectivity index (χ0n) is 22.5. The summed E-state index contributed by atoms with van der Waals surface area (Å²) in [4.78, 5) is 53.4. The number of benzene rings is 3. The number of nitrogens with zero attached hydrogens (tertiary/aromatic N) is 4. The third-order valence-corrected chi connectivity index (χ3v) is 7.00. The second kappa shape index (κ2) is 10.4. The van der Waals surface area contributed by atoms with Crippen LogP contribution in [0.1, 0.15) is 32.1 Å². The van der Waals surface area contributed by atoms with E-state index in [0.29, 0.717) is 22.8 Å². The maximum absolute atomic E-state index is 13.4. The molecule has 2 N–H and O–H groups in total. The van der Waals surface area contributed by atoms with Crippen LogP contribution in [-0.4, -0.2) is 30.5 Å². The SMILES string of the molecule is Cc1c(NC(=O)c2ccccc2C(=O)Nc2c(C)n(C)n(-c3ccccc3)c2=O)c(=O)n(-c2ccccc2)n1C. The monoisotopic (exact) mass is 536 g/mol. The van der Waals surface area contributed by atoms with Crippen LogP contribution in [0.2, 0.25) is 0 Å². The Balaban J connectivity index is 1.46. The summed E-state index contributed by atoms with van der Waals surface area (Å²) < 4.78 is 6.22. The van der Waals surface area contributed by atoms with E-state index in [2.05, 4.69) is 10.6 Å². The van der Waals surface area contributed by atoms with Gasteiger partial charge in [-0.2, -0.15) is 0 Å². The third-order valence-electron chi connectivity index (χ3n) is 7.00.